The summed E-state index contributed by atoms with van der Waals surface area (Å²) in [6.45, 7) is 6.24. The van der Waals surface area contributed by atoms with Crippen LogP contribution in [0.25, 0.3) is 33.9 Å². The van der Waals surface area contributed by atoms with Crippen LogP contribution in [0.4, 0.5) is 11.8 Å². The molecule has 64 heavy (non-hydrogen) atoms. The number of piperidine rings is 2. The lowest BCUT2D eigenvalue weighted by Gasteiger charge is -2.41. The molecule has 0 aliphatic carbocycles. The summed E-state index contributed by atoms with van der Waals surface area (Å²) in [6, 6.07) is 26.1. The van der Waals surface area contributed by atoms with Crippen molar-refractivity contribution in [2.75, 3.05) is 36.8 Å². The Morgan fingerprint density at radius 2 is 1.42 bits per heavy atom. The van der Waals surface area contributed by atoms with Crippen molar-refractivity contribution >= 4 is 57.9 Å². The number of hydrogen-bond donors (Lipinski definition) is 2. The van der Waals surface area contributed by atoms with Crippen LogP contribution in [-0.2, 0) is 6.42 Å². The maximum Gasteiger partial charge on any atom is 0.295 e. The highest BCUT2D eigenvalue weighted by molar-refractivity contribution is 6.31. The highest BCUT2D eigenvalue weighted by atomic mass is 35.5. The Hall–Kier alpha value is -6.44. The van der Waals surface area contributed by atoms with Crippen LogP contribution in [0, 0.1) is 18.8 Å². The number of aromatic nitrogens is 6. The second-order valence-electron chi connectivity index (χ2n) is 16.7. The van der Waals surface area contributed by atoms with Crippen LogP contribution in [0.15, 0.2) is 114 Å². The van der Waals surface area contributed by atoms with Gasteiger partial charge in [-0.3, -0.25) is 9.59 Å². The predicted molar refractivity (Wildman–Crippen MR) is 249 cm³/mol. The highest BCUT2D eigenvalue weighted by Gasteiger charge is 2.37. The molecular formula is C49H48Cl2N10O3. The Labute approximate surface area is 381 Å². The summed E-state index contributed by atoms with van der Waals surface area (Å²) >= 11 is 12.7. The Balaban J connectivity index is 1.00. The number of pyridine rings is 1. The van der Waals surface area contributed by atoms with Crippen molar-refractivity contribution in [3.63, 3.8) is 0 Å². The van der Waals surface area contributed by atoms with Crippen molar-refractivity contribution in [1.29, 1.82) is 0 Å². The van der Waals surface area contributed by atoms with E-state index in [0.29, 0.717) is 94.0 Å². The minimum Gasteiger partial charge on any atom is -0.424 e. The normalized spacial score (nSPS) is 18.8. The Morgan fingerprint density at radius 1 is 0.719 bits per heavy atom. The largest absolute Gasteiger partial charge is 0.424 e. The van der Waals surface area contributed by atoms with Crippen LogP contribution in [0.3, 0.4) is 0 Å². The van der Waals surface area contributed by atoms with Gasteiger partial charge >= 0.3 is 0 Å². The first-order chi connectivity index (χ1) is 31.2. The molecule has 0 spiro atoms. The summed E-state index contributed by atoms with van der Waals surface area (Å²) in [5.74, 6) is 1.62. The molecule has 0 radical (unpaired) electrons. The zero-order chi connectivity index (χ0) is 44.2. The molecule has 2 N–H and O–H groups in total. The number of fused-ring (bicyclic) bond motifs is 1. The molecule has 2 aliphatic heterocycles. The van der Waals surface area contributed by atoms with Crippen molar-refractivity contribution in [3.8, 4) is 22.8 Å². The molecule has 9 rings (SSSR count). The number of nitrogens with zero attached hydrogens (tertiary/aromatic N) is 8. The smallest absolute Gasteiger partial charge is 0.295 e. The van der Waals surface area contributed by atoms with E-state index < -0.39 is 0 Å². The predicted octanol–water partition coefficient (Wildman–Crippen LogP) is 9.68. The van der Waals surface area contributed by atoms with Crippen LogP contribution >= 0.6 is 23.2 Å². The van der Waals surface area contributed by atoms with E-state index in [4.69, 9.17) is 37.6 Å². The van der Waals surface area contributed by atoms with Gasteiger partial charge in [0.2, 0.25) is 0 Å². The molecule has 6 heterocycles. The first kappa shape index (κ1) is 42.8. The maximum absolute atomic E-state index is 14.9. The first-order valence-electron chi connectivity index (χ1n) is 21.7. The number of carbonyl (C=O) groups is 2. The zero-order valence-electron chi connectivity index (χ0n) is 35.6. The van der Waals surface area contributed by atoms with Gasteiger partial charge in [0.05, 0.1) is 28.2 Å². The van der Waals surface area contributed by atoms with Crippen molar-refractivity contribution in [2.45, 2.75) is 58.0 Å². The summed E-state index contributed by atoms with van der Waals surface area (Å²) in [6.07, 6.45) is 10.8. The molecule has 13 nitrogen and oxygen atoms in total. The summed E-state index contributed by atoms with van der Waals surface area (Å²) in [7, 11) is 0. The van der Waals surface area contributed by atoms with E-state index in [1.54, 1.807) is 49.1 Å². The number of oxazole rings is 1. The van der Waals surface area contributed by atoms with Crippen molar-refractivity contribution < 1.29 is 14.0 Å². The summed E-state index contributed by atoms with van der Waals surface area (Å²) in [5, 5.41) is 7.86. The van der Waals surface area contributed by atoms with Crippen molar-refractivity contribution in [2.24, 2.45) is 11.8 Å². The van der Waals surface area contributed by atoms with Gasteiger partial charge in [-0.15, -0.1) is 0 Å². The monoisotopic (exact) mass is 894 g/mol. The molecular weight excluding hydrogens is 848 g/mol. The van der Waals surface area contributed by atoms with E-state index in [1.807, 2.05) is 77.4 Å². The van der Waals surface area contributed by atoms with E-state index in [-0.39, 0.29) is 35.7 Å². The molecule has 2 fully saturated rings. The minimum atomic E-state index is -0.276. The lowest BCUT2D eigenvalue weighted by molar-refractivity contribution is 0.0516. The molecule has 2 aliphatic rings. The Kier molecular flexibility index (Phi) is 12.8. The van der Waals surface area contributed by atoms with E-state index >= 15 is 0 Å². The fourth-order valence-corrected chi connectivity index (χ4v) is 9.40. The van der Waals surface area contributed by atoms with E-state index in [0.717, 1.165) is 42.5 Å². The molecule has 4 aromatic heterocycles. The van der Waals surface area contributed by atoms with Crippen LogP contribution in [0.1, 0.15) is 64.6 Å². The number of carbonyl (C=O) groups excluding carboxylic acids is 2. The van der Waals surface area contributed by atoms with Crippen LogP contribution in [0.5, 0.6) is 0 Å². The zero-order valence-corrected chi connectivity index (χ0v) is 37.1. The number of nitrogens with one attached hydrogen (secondary N) is 2. The molecule has 2 amide bonds. The van der Waals surface area contributed by atoms with Crippen LogP contribution < -0.4 is 10.6 Å². The molecule has 4 atom stereocenters. The molecule has 0 bridgehead atoms. The standard InChI is InChI=1S/C49H48Cl2N10O3/c1-30-12-15-36(45-52-19-7-20-53-45)38(24-30)47(62)61-23-6-9-32(42(61)29-57-49-59-40-10-3-4-11-43(40)64-49)25-35-18-21-54-46(58-35)37-16-13-33(50)26-39(37)48(63)60-22-5-8-31(2)41(60)28-56-44-17-14-34(51)27-55-44/h3-4,7,10-21,24,26-27,31-32,41-42H,5-6,8-9,22-23,25,28-29H2,1-2H3,(H,55,56)(H,57,59). The van der Waals surface area contributed by atoms with E-state index in [1.165, 1.54) is 0 Å². The number of benzene rings is 3. The molecule has 7 aromatic rings. The number of likely N-dealkylation sites (tertiary alicyclic amines) is 2. The number of hydrogen-bond acceptors (Lipinski definition) is 11. The third-order valence-electron chi connectivity index (χ3n) is 12.4. The van der Waals surface area contributed by atoms with Crippen molar-refractivity contribution in [3.05, 3.63) is 142 Å². The van der Waals surface area contributed by atoms with Gasteiger partial charge in [-0.25, -0.2) is 24.9 Å². The molecule has 15 heteroatoms. The van der Waals surface area contributed by atoms with Gasteiger partial charge in [-0.05, 0) is 112 Å². The number of anilines is 2. The summed E-state index contributed by atoms with van der Waals surface area (Å²) < 4.78 is 6.07. The maximum atomic E-state index is 14.9. The van der Waals surface area contributed by atoms with E-state index in [9.17, 15) is 9.59 Å². The summed E-state index contributed by atoms with van der Waals surface area (Å²) in [5.41, 5.74) is 5.45. The van der Waals surface area contributed by atoms with Crippen molar-refractivity contribution in [1.82, 2.24) is 39.7 Å². The van der Waals surface area contributed by atoms with Gasteiger partial charge in [0.15, 0.2) is 17.2 Å². The lowest BCUT2D eigenvalue weighted by Crippen LogP contribution is -2.52. The SMILES string of the molecule is Cc1ccc(-c2ncccn2)c(C(=O)N2CCCC(Cc3ccnc(-c4ccc(Cl)cc4C(=O)N4CCCC(C)C4CNc4ccc(Cl)cn4)n3)C2CNc2nc3ccccc3o2)c1. The topological polar surface area (TPSA) is 155 Å². The molecule has 3 aromatic carbocycles. The molecule has 0 saturated carbocycles. The second kappa shape index (κ2) is 19.1. The fraction of sp³-hybridized carbons (Fsp3) is 0.306. The number of para-hydroxylation sites is 2. The second-order valence-corrected chi connectivity index (χ2v) is 17.5. The van der Waals surface area contributed by atoms with Gasteiger partial charge in [0, 0.05) is 72.8 Å². The number of rotatable bonds is 12. The third-order valence-corrected chi connectivity index (χ3v) is 12.8. The Morgan fingerprint density at radius 3 is 2.22 bits per heavy atom. The minimum absolute atomic E-state index is 0.0110. The first-order valence-corrected chi connectivity index (χ1v) is 22.5. The van der Waals surface area contributed by atoms with Crippen LogP contribution in [-0.4, -0.2) is 89.8 Å². The molecule has 4 unspecified atom stereocenters. The number of aryl methyl sites for hydroxylation is 1. The molecule has 2 saturated heterocycles. The lowest BCUT2D eigenvalue weighted by atomic mass is 9.84. The van der Waals surface area contributed by atoms with Gasteiger partial charge in [-0.2, -0.15) is 4.98 Å². The van der Waals surface area contributed by atoms with Crippen LogP contribution in [0.2, 0.25) is 10.0 Å². The Bertz CT molecular complexity index is 2740. The van der Waals surface area contributed by atoms with Gasteiger partial charge in [0.25, 0.3) is 17.8 Å². The van der Waals surface area contributed by atoms with Gasteiger partial charge in [0.1, 0.15) is 11.3 Å². The number of amides is 2. The average molecular weight is 896 g/mol. The third kappa shape index (κ3) is 9.41. The van der Waals surface area contributed by atoms with Gasteiger partial charge < -0.3 is 24.9 Å². The fourth-order valence-electron chi connectivity index (χ4n) is 9.12. The highest BCUT2D eigenvalue weighted by Crippen LogP contribution is 2.34. The quantitative estimate of drug-likeness (QED) is 0.120. The molecule has 326 valence electrons. The summed E-state index contributed by atoms with van der Waals surface area (Å²) in [4.78, 5) is 61.4. The van der Waals surface area contributed by atoms with Gasteiger partial charge in [-0.1, -0.05) is 60.0 Å². The average Bonchev–Trinajstić information content (AvgIpc) is 3.74. The van der Waals surface area contributed by atoms with E-state index in [2.05, 4.69) is 37.5 Å². The number of halogens is 2.